The molecule has 16 heavy (non-hydrogen) atoms. The van der Waals surface area contributed by atoms with E-state index in [0.29, 0.717) is 0 Å². The van der Waals surface area contributed by atoms with E-state index in [1.165, 1.54) is 19.3 Å². The Labute approximate surface area is 96.9 Å². The largest absolute Gasteiger partial charge is 0.207 e. The van der Waals surface area contributed by atoms with Gasteiger partial charge in [0.15, 0.2) is 0 Å². The molecule has 0 aromatic heterocycles. The third-order valence-electron chi connectivity index (χ3n) is 4.84. The second-order valence-corrected chi connectivity index (χ2v) is 5.89. The van der Waals surface area contributed by atoms with E-state index < -0.39 is 0 Å². The van der Waals surface area contributed by atoms with Gasteiger partial charge in [-0.25, -0.2) is 4.39 Å². The summed E-state index contributed by atoms with van der Waals surface area (Å²) in [5.41, 5.74) is 1.21. The summed E-state index contributed by atoms with van der Waals surface area (Å²) in [7, 11) is 0. The minimum absolute atomic E-state index is 0.00871. The quantitative estimate of drug-likeness (QED) is 0.699. The van der Waals surface area contributed by atoms with Crippen LogP contribution in [0.3, 0.4) is 0 Å². The molecular weight excluding hydrogens is 199 g/mol. The first-order chi connectivity index (χ1) is 7.65. The zero-order valence-corrected chi connectivity index (χ0v) is 10.0. The predicted octanol–water partition coefficient (Wildman–Crippen LogP) is 4.15. The zero-order chi connectivity index (χ0) is 11.3. The van der Waals surface area contributed by atoms with E-state index in [1.807, 2.05) is 12.1 Å². The summed E-state index contributed by atoms with van der Waals surface area (Å²) in [6.45, 7) is 4.61. The minimum atomic E-state index is 0.00871. The molecule has 0 saturated heterocycles. The maximum atomic E-state index is 13.8. The molecule has 0 aliphatic heterocycles. The van der Waals surface area contributed by atoms with Crippen molar-refractivity contribution in [2.75, 3.05) is 0 Å². The van der Waals surface area contributed by atoms with Gasteiger partial charge in [-0.3, -0.25) is 0 Å². The van der Waals surface area contributed by atoms with Gasteiger partial charge in [0.1, 0.15) is 5.82 Å². The van der Waals surface area contributed by atoms with Gasteiger partial charge < -0.3 is 0 Å². The van der Waals surface area contributed by atoms with Gasteiger partial charge in [-0.05, 0) is 48.6 Å². The van der Waals surface area contributed by atoms with Gasteiger partial charge in [-0.1, -0.05) is 32.0 Å². The molecule has 0 N–H and O–H groups in total. The van der Waals surface area contributed by atoms with Crippen molar-refractivity contribution in [2.24, 2.45) is 17.8 Å². The fourth-order valence-electron chi connectivity index (χ4n) is 3.91. The Bertz CT molecular complexity index is 410. The number of benzene rings is 1. The van der Waals surface area contributed by atoms with Crippen LogP contribution >= 0.6 is 0 Å². The van der Waals surface area contributed by atoms with Crippen LogP contribution in [0.2, 0.25) is 0 Å². The van der Waals surface area contributed by atoms with Crippen molar-refractivity contribution in [3.8, 4) is 0 Å². The maximum Gasteiger partial charge on any atom is 0.126 e. The van der Waals surface area contributed by atoms with Gasteiger partial charge in [-0.2, -0.15) is 0 Å². The molecule has 2 fully saturated rings. The SMILES string of the molecule is CC(C)[C@H]1CC[C@@]2(c3ccccc3F)CC12. The van der Waals surface area contributed by atoms with Crippen molar-refractivity contribution in [1.29, 1.82) is 0 Å². The molecule has 0 heterocycles. The summed E-state index contributed by atoms with van der Waals surface area (Å²) < 4.78 is 13.8. The lowest BCUT2D eigenvalue weighted by molar-refractivity contribution is 0.351. The van der Waals surface area contributed by atoms with Gasteiger partial charge in [0.05, 0.1) is 0 Å². The fourth-order valence-corrected chi connectivity index (χ4v) is 3.91. The van der Waals surface area contributed by atoms with Crippen LogP contribution < -0.4 is 0 Å². The van der Waals surface area contributed by atoms with Gasteiger partial charge in [0, 0.05) is 5.41 Å². The molecule has 2 saturated carbocycles. The molecule has 0 radical (unpaired) electrons. The average Bonchev–Trinajstić information content (AvgIpc) is 2.85. The Morgan fingerprint density at radius 2 is 2.06 bits per heavy atom. The summed E-state index contributed by atoms with van der Waals surface area (Å²) in [5, 5.41) is 0. The van der Waals surface area contributed by atoms with Gasteiger partial charge >= 0.3 is 0 Å². The first-order valence-electron chi connectivity index (χ1n) is 6.40. The summed E-state index contributed by atoms with van der Waals surface area (Å²) >= 11 is 0. The van der Waals surface area contributed by atoms with Crippen molar-refractivity contribution in [3.05, 3.63) is 35.6 Å². The lowest BCUT2D eigenvalue weighted by Crippen LogP contribution is -2.09. The second-order valence-electron chi connectivity index (χ2n) is 5.89. The van der Waals surface area contributed by atoms with E-state index in [4.69, 9.17) is 0 Å². The minimum Gasteiger partial charge on any atom is -0.207 e. The molecule has 1 heteroatoms. The van der Waals surface area contributed by atoms with Crippen LogP contribution in [0.15, 0.2) is 24.3 Å². The highest BCUT2D eigenvalue weighted by atomic mass is 19.1. The normalized spacial score (nSPS) is 36.5. The van der Waals surface area contributed by atoms with E-state index in [0.717, 1.165) is 23.3 Å². The molecule has 3 rings (SSSR count). The summed E-state index contributed by atoms with van der Waals surface area (Å²) in [6.07, 6.45) is 3.70. The van der Waals surface area contributed by atoms with Crippen LogP contribution in [-0.2, 0) is 5.41 Å². The highest BCUT2D eigenvalue weighted by molar-refractivity contribution is 5.37. The van der Waals surface area contributed by atoms with E-state index in [-0.39, 0.29) is 11.2 Å². The molecule has 2 aliphatic carbocycles. The van der Waals surface area contributed by atoms with E-state index in [2.05, 4.69) is 13.8 Å². The molecule has 1 unspecified atom stereocenters. The standard InChI is InChI=1S/C15H19F/c1-10(2)11-7-8-15(9-13(11)15)12-5-3-4-6-14(12)16/h3-6,10-11,13H,7-9H2,1-2H3/t11-,13?,15+/m1/s1. The first-order valence-corrected chi connectivity index (χ1v) is 6.40. The number of hydrogen-bond donors (Lipinski definition) is 0. The molecule has 2 aliphatic rings. The first kappa shape index (κ1) is 10.3. The van der Waals surface area contributed by atoms with E-state index in [1.54, 1.807) is 12.1 Å². The molecule has 0 spiro atoms. The summed E-state index contributed by atoms with van der Waals surface area (Å²) in [4.78, 5) is 0. The smallest absolute Gasteiger partial charge is 0.126 e. The number of fused-ring (bicyclic) bond motifs is 1. The average molecular weight is 218 g/mol. The lowest BCUT2D eigenvalue weighted by Gasteiger charge is -2.14. The van der Waals surface area contributed by atoms with E-state index >= 15 is 0 Å². The van der Waals surface area contributed by atoms with Crippen molar-refractivity contribution >= 4 is 0 Å². The lowest BCUT2D eigenvalue weighted by atomic mass is 9.91. The molecule has 0 bridgehead atoms. The molecule has 1 aromatic carbocycles. The van der Waals surface area contributed by atoms with Crippen LogP contribution in [0.1, 0.15) is 38.7 Å². The third kappa shape index (κ3) is 1.27. The number of hydrogen-bond acceptors (Lipinski definition) is 0. The predicted molar refractivity (Wildman–Crippen MR) is 63.7 cm³/mol. The summed E-state index contributed by atoms with van der Waals surface area (Å²) in [5.74, 6) is 2.33. The van der Waals surface area contributed by atoms with Crippen LogP contribution in [0.4, 0.5) is 4.39 Å². The Morgan fingerprint density at radius 3 is 2.62 bits per heavy atom. The van der Waals surface area contributed by atoms with Crippen LogP contribution in [-0.4, -0.2) is 0 Å². The third-order valence-corrected chi connectivity index (χ3v) is 4.84. The number of halogens is 1. The van der Waals surface area contributed by atoms with Gasteiger partial charge in [0.25, 0.3) is 0 Å². The highest BCUT2D eigenvalue weighted by Crippen LogP contribution is 2.68. The summed E-state index contributed by atoms with van der Waals surface area (Å²) in [6, 6.07) is 7.38. The molecule has 0 nitrogen and oxygen atoms in total. The maximum absolute atomic E-state index is 13.8. The molecule has 1 aromatic rings. The van der Waals surface area contributed by atoms with Crippen molar-refractivity contribution in [2.45, 2.75) is 38.5 Å². The van der Waals surface area contributed by atoms with Crippen molar-refractivity contribution < 1.29 is 4.39 Å². The fraction of sp³-hybridized carbons (Fsp3) is 0.600. The Balaban J connectivity index is 1.92. The zero-order valence-electron chi connectivity index (χ0n) is 10.0. The van der Waals surface area contributed by atoms with Crippen molar-refractivity contribution in [1.82, 2.24) is 0 Å². The van der Waals surface area contributed by atoms with E-state index in [9.17, 15) is 4.39 Å². The van der Waals surface area contributed by atoms with Crippen LogP contribution in [0, 0.1) is 23.6 Å². The Morgan fingerprint density at radius 1 is 1.31 bits per heavy atom. The van der Waals surface area contributed by atoms with Gasteiger partial charge in [-0.15, -0.1) is 0 Å². The number of rotatable bonds is 2. The topological polar surface area (TPSA) is 0 Å². The molecule has 0 amide bonds. The molecule has 3 atom stereocenters. The van der Waals surface area contributed by atoms with Crippen molar-refractivity contribution in [3.63, 3.8) is 0 Å². The van der Waals surface area contributed by atoms with Gasteiger partial charge in [0.2, 0.25) is 0 Å². The van der Waals surface area contributed by atoms with Crippen LogP contribution in [0.5, 0.6) is 0 Å². The molecular formula is C15H19F. The molecule has 86 valence electrons. The Hall–Kier alpha value is -0.850. The van der Waals surface area contributed by atoms with Crippen LogP contribution in [0.25, 0.3) is 0 Å². The monoisotopic (exact) mass is 218 g/mol. The highest BCUT2D eigenvalue weighted by Gasteiger charge is 2.63. The Kier molecular flexibility index (Phi) is 2.14. The second kappa shape index (κ2) is 3.32.